The Balaban J connectivity index is -0.0000000150. The summed E-state index contributed by atoms with van der Waals surface area (Å²) in [5, 5.41) is 7.19. The number of carboxylic acid groups (broad SMARTS) is 1. The van der Waals surface area contributed by atoms with Crippen LogP contribution in [0.4, 0.5) is 4.79 Å². The first-order valence-corrected chi connectivity index (χ1v) is 0.716. The van der Waals surface area contributed by atoms with Crippen LogP contribution in [-0.4, -0.2) is 11.2 Å². The summed E-state index contributed by atoms with van der Waals surface area (Å²) in [5.74, 6) is 0. The average Bonchev–Trinajstić information content (AvgIpc) is 0.811. The molecule has 0 saturated carbocycles. The summed E-state index contributed by atoms with van der Waals surface area (Å²) in [5.41, 5.74) is 4.03. The molecule has 0 saturated heterocycles. The van der Waals surface area contributed by atoms with Crippen LogP contribution in [0.25, 0.3) is 0 Å². The molecule has 3 nitrogen and oxygen atoms in total. The van der Waals surface area contributed by atoms with Gasteiger partial charge in [-0.3, -0.25) is 0 Å². The maximum atomic E-state index is 8.78. The summed E-state index contributed by atoms with van der Waals surface area (Å²) < 4.78 is 0. The van der Waals surface area contributed by atoms with E-state index in [2.05, 4.69) is 5.73 Å². The minimum atomic E-state index is -1.33. The second-order valence-corrected chi connectivity index (χ2v) is 0.338. The normalized spacial score (nSPS) is 3.43. The third kappa shape index (κ3) is 7860. The molecule has 0 heterocycles. The molecule has 0 radical (unpaired) electrons. The van der Waals surface area contributed by atoms with Crippen molar-refractivity contribution in [3.05, 3.63) is 14.9 Å². The Hall–Kier alpha value is -0.107. The molecule has 7 heavy (non-hydrogen) atoms. The van der Waals surface area contributed by atoms with Crippen molar-refractivity contribution < 1.29 is 29.4 Å². The van der Waals surface area contributed by atoms with Gasteiger partial charge in [0.05, 0.1) is 0 Å². The van der Waals surface area contributed by atoms with E-state index in [0.717, 1.165) is 0 Å². The number of hydrogen-bond acceptors (Lipinski definition) is 1. The fourth-order valence-corrected chi connectivity index (χ4v) is 0. The summed E-state index contributed by atoms with van der Waals surface area (Å²) in [4.78, 5) is 8.78. The Labute approximate surface area is 56.7 Å². The third-order valence-corrected chi connectivity index (χ3v) is 0. The van der Waals surface area contributed by atoms with Crippen LogP contribution in [0.2, 0.25) is 0 Å². The monoisotopic (exact) mass is 155 g/mol. The number of rotatable bonds is 0. The smallest absolute Gasteiger partial charge is 0.465 e. The van der Waals surface area contributed by atoms with E-state index in [0.29, 0.717) is 0 Å². The van der Waals surface area contributed by atoms with Gasteiger partial charge in [0.25, 0.3) is 0 Å². The van der Waals surface area contributed by atoms with Gasteiger partial charge in [-0.1, -0.05) is 0 Å². The zero-order valence-corrected chi connectivity index (χ0v) is 7.61. The van der Waals surface area contributed by atoms with Gasteiger partial charge in [0.15, 0.2) is 0 Å². The van der Waals surface area contributed by atoms with Crippen LogP contribution >= 0.6 is 0 Å². The van der Waals surface area contributed by atoms with Crippen molar-refractivity contribution in [3.8, 4) is 0 Å². The van der Waals surface area contributed by atoms with E-state index in [1.165, 1.54) is 0 Å². The molecule has 0 rings (SSSR count). The molecule has 0 fully saturated rings. The van der Waals surface area contributed by atoms with Gasteiger partial charge >= 0.3 is 25.6 Å². The summed E-state index contributed by atoms with van der Waals surface area (Å²) in [6.07, 6.45) is -1.33. The summed E-state index contributed by atoms with van der Waals surface area (Å²) in [7, 11) is 0. The SMILES string of the molecule is NC(=O)O.[CH3-].[CH3-].[Zn+2]. The van der Waals surface area contributed by atoms with Crippen molar-refractivity contribution in [1.29, 1.82) is 0 Å². The van der Waals surface area contributed by atoms with Crippen LogP contribution in [0.1, 0.15) is 0 Å². The van der Waals surface area contributed by atoms with Crippen molar-refractivity contribution >= 4 is 6.09 Å². The first-order valence-electron chi connectivity index (χ1n) is 0.716. The van der Waals surface area contributed by atoms with E-state index in [4.69, 9.17) is 9.90 Å². The van der Waals surface area contributed by atoms with Crippen LogP contribution in [0, 0.1) is 14.9 Å². The van der Waals surface area contributed by atoms with Gasteiger partial charge in [-0.2, -0.15) is 0 Å². The summed E-state index contributed by atoms with van der Waals surface area (Å²) in [6, 6.07) is 0. The number of primary amides is 1. The standard InChI is InChI=1S/CH3NO2.2CH3.Zn/c2-1(3)4;;;/h2H2,(H,3,4);2*1H3;/q;2*-1;+2. The van der Waals surface area contributed by atoms with Crippen molar-refractivity contribution in [2.75, 3.05) is 0 Å². The fraction of sp³-hybridized carbons (Fsp3) is 0. The van der Waals surface area contributed by atoms with E-state index in [-0.39, 0.29) is 34.3 Å². The number of carbonyl (C=O) groups is 1. The second-order valence-electron chi connectivity index (χ2n) is 0.338. The Kier molecular flexibility index (Phi) is 68.9. The van der Waals surface area contributed by atoms with Crippen molar-refractivity contribution in [3.63, 3.8) is 0 Å². The molecule has 1 amide bonds. The first-order chi connectivity index (χ1) is 1.73. The predicted octanol–water partition coefficient (Wildman–Crippen LogP) is 0.521. The maximum Gasteiger partial charge on any atom is 2.00 e. The van der Waals surface area contributed by atoms with Gasteiger partial charge in [0.2, 0.25) is 0 Å². The van der Waals surface area contributed by atoms with Gasteiger partial charge in [-0.15, -0.1) is 0 Å². The molecule has 0 aliphatic carbocycles. The molecule has 0 atom stereocenters. The van der Waals surface area contributed by atoms with Gasteiger partial charge in [-0.25, -0.2) is 4.79 Å². The molecule has 4 heteroatoms. The first kappa shape index (κ1) is 28.6. The molecular weight excluding hydrogens is 147 g/mol. The molecule has 0 aromatic heterocycles. The molecule has 0 bridgehead atoms. The predicted molar refractivity (Wildman–Crippen MR) is 25.0 cm³/mol. The molecule has 0 aliphatic heterocycles. The Morgan fingerprint density at radius 1 is 1.43 bits per heavy atom. The van der Waals surface area contributed by atoms with E-state index in [1.807, 2.05) is 0 Å². The van der Waals surface area contributed by atoms with Crippen molar-refractivity contribution in [1.82, 2.24) is 0 Å². The van der Waals surface area contributed by atoms with Crippen LogP contribution in [0.15, 0.2) is 0 Å². The molecule has 0 aliphatic rings. The molecule has 0 aromatic carbocycles. The van der Waals surface area contributed by atoms with Crippen molar-refractivity contribution in [2.45, 2.75) is 0 Å². The topological polar surface area (TPSA) is 63.3 Å². The average molecular weight is 156 g/mol. The maximum absolute atomic E-state index is 8.78. The molecular formula is C3H9NO2Zn. The van der Waals surface area contributed by atoms with Crippen LogP contribution < -0.4 is 5.73 Å². The minimum absolute atomic E-state index is 0. The number of nitrogens with two attached hydrogens (primary N) is 1. The van der Waals surface area contributed by atoms with Crippen LogP contribution in [-0.2, 0) is 19.5 Å². The third-order valence-electron chi connectivity index (χ3n) is 0. The van der Waals surface area contributed by atoms with Gasteiger partial charge in [0.1, 0.15) is 0 Å². The molecule has 40 valence electrons. The quantitative estimate of drug-likeness (QED) is 0.397. The summed E-state index contributed by atoms with van der Waals surface area (Å²) >= 11 is 0. The van der Waals surface area contributed by atoms with E-state index in [1.54, 1.807) is 0 Å². The largest absolute Gasteiger partial charge is 2.00 e. The van der Waals surface area contributed by atoms with Gasteiger partial charge in [-0.05, 0) is 0 Å². The van der Waals surface area contributed by atoms with E-state index >= 15 is 0 Å². The minimum Gasteiger partial charge on any atom is -0.465 e. The van der Waals surface area contributed by atoms with Crippen LogP contribution in [0.5, 0.6) is 0 Å². The second kappa shape index (κ2) is 16.9. The number of hydrogen-bond donors (Lipinski definition) is 2. The fourth-order valence-electron chi connectivity index (χ4n) is 0. The zero-order valence-electron chi connectivity index (χ0n) is 4.64. The molecule has 0 spiro atoms. The van der Waals surface area contributed by atoms with Crippen LogP contribution in [0.3, 0.4) is 0 Å². The molecule has 0 aromatic rings. The molecule has 3 N–H and O–H groups in total. The van der Waals surface area contributed by atoms with Crippen molar-refractivity contribution in [2.24, 2.45) is 5.73 Å². The van der Waals surface area contributed by atoms with Gasteiger partial charge in [0, 0.05) is 0 Å². The van der Waals surface area contributed by atoms with Gasteiger partial charge < -0.3 is 25.7 Å². The number of amides is 1. The molecule has 0 unspecified atom stereocenters. The summed E-state index contributed by atoms with van der Waals surface area (Å²) in [6.45, 7) is 0. The van der Waals surface area contributed by atoms with E-state index < -0.39 is 6.09 Å². The van der Waals surface area contributed by atoms with E-state index in [9.17, 15) is 0 Å². The Morgan fingerprint density at radius 3 is 1.43 bits per heavy atom. The Morgan fingerprint density at radius 2 is 1.43 bits per heavy atom. The zero-order chi connectivity index (χ0) is 3.58. The Bertz CT molecular complexity index is 35.9.